The molecule has 0 saturated carbocycles. The van der Waals surface area contributed by atoms with Crippen molar-refractivity contribution in [3.05, 3.63) is 50.7 Å². The van der Waals surface area contributed by atoms with Crippen LogP contribution in [0.1, 0.15) is 33.1 Å². The number of benzene rings is 1. The largest absolute Gasteiger partial charge is 0.376 e. The monoisotopic (exact) mass is 294 g/mol. The molecular weight excluding hydrogens is 280 g/mol. The molecule has 1 aromatic carbocycles. The van der Waals surface area contributed by atoms with E-state index in [0.717, 1.165) is 5.69 Å². The van der Waals surface area contributed by atoms with Crippen LogP contribution in [0.4, 0.5) is 5.69 Å². The maximum atomic E-state index is 11.2. The smallest absolute Gasteiger partial charge is 0.248 e. The Bertz CT molecular complexity index is 609. The summed E-state index contributed by atoms with van der Waals surface area (Å²) in [5, 5.41) is 3.88. The summed E-state index contributed by atoms with van der Waals surface area (Å²) in [5.74, 6) is -0.459. The van der Waals surface area contributed by atoms with Gasteiger partial charge in [0.2, 0.25) is 5.91 Å². The minimum atomic E-state index is -0.459. The first-order chi connectivity index (χ1) is 8.97. The topological polar surface area (TPSA) is 55.1 Å². The van der Waals surface area contributed by atoms with Crippen molar-refractivity contribution in [2.75, 3.05) is 5.32 Å². The van der Waals surface area contributed by atoms with Crippen LogP contribution in [-0.2, 0) is 0 Å². The molecule has 1 amide bonds. The Labute approximate surface area is 121 Å². The Hall–Kier alpha value is -1.52. The fraction of sp³-hybridized carbons (Fsp3) is 0.214. The van der Waals surface area contributed by atoms with Crippen LogP contribution in [0, 0.1) is 6.92 Å². The van der Waals surface area contributed by atoms with Gasteiger partial charge in [-0.25, -0.2) is 0 Å². The number of amides is 1. The van der Waals surface area contributed by atoms with Gasteiger partial charge in [-0.1, -0.05) is 11.6 Å². The van der Waals surface area contributed by atoms with Crippen molar-refractivity contribution in [3.8, 4) is 0 Å². The molecule has 0 radical (unpaired) electrons. The SMILES string of the molecule is Cc1ccc(C(C)Nc2cc(C(N)=O)ccc2Cl)s1. The van der Waals surface area contributed by atoms with Crippen LogP contribution in [0.15, 0.2) is 30.3 Å². The Morgan fingerprint density at radius 1 is 1.37 bits per heavy atom. The molecule has 0 bridgehead atoms. The van der Waals surface area contributed by atoms with E-state index in [0.29, 0.717) is 10.6 Å². The van der Waals surface area contributed by atoms with Gasteiger partial charge in [0.25, 0.3) is 0 Å². The third kappa shape index (κ3) is 3.28. The van der Waals surface area contributed by atoms with Gasteiger partial charge in [0.1, 0.15) is 0 Å². The molecule has 0 spiro atoms. The van der Waals surface area contributed by atoms with Crippen LogP contribution in [-0.4, -0.2) is 5.91 Å². The van der Waals surface area contributed by atoms with Gasteiger partial charge in [-0.3, -0.25) is 4.79 Å². The van der Waals surface area contributed by atoms with E-state index in [1.165, 1.54) is 9.75 Å². The zero-order chi connectivity index (χ0) is 14.0. The van der Waals surface area contributed by atoms with Crippen LogP contribution >= 0.6 is 22.9 Å². The Balaban J connectivity index is 2.22. The molecule has 100 valence electrons. The number of nitrogens with one attached hydrogen (secondary N) is 1. The van der Waals surface area contributed by atoms with E-state index in [4.69, 9.17) is 17.3 Å². The summed E-state index contributed by atoms with van der Waals surface area (Å²) in [4.78, 5) is 13.7. The molecule has 2 aromatic rings. The third-order valence-corrected chi connectivity index (χ3v) is 4.32. The number of halogens is 1. The summed E-state index contributed by atoms with van der Waals surface area (Å²) in [5.41, 5.74) is 6.44. The predicted octanol–water partition coefficient (Wildman–Crippen LogP) is 3.98. The average molecular weight is 295 g/mol. The highest BCUT2D eigenvalue weighted by Crippen LogP contribution is 2.30. The van der Waals surface area contributed by atoms with Crippen molar-refractivity contribution in [1.29, 1.82) is 0 Å². The van der Waals surface area contributed by atoms with Crippen molar-refractivity contribution in [1.82, 2.24) is 0 Å². The van der Waals surface area contributed by atoms with Crippen molar-refractivity contribution >= 4 is 34.5 Å². The number of aryl methyl sites for hydroxylation is 1. The summed E-state index contributed by atoms with van der Waals surface area (Å²) in [6, 6.07) is 9.27. The maximum Gasteiger partial charge on any atom is 0.248 e. The molecular formula is C14H15ClN2OS. The first-order valence-electron chi connectivity index (χ1n) is 5.89. The quantitative estimate of drug-likeness (QED) is 0.896. The molecule has 1 atom stereocenters. The Morgan fingerprint density at radius 3 is 2.68 bits per heavy atom. The lowest BCUT2D eigenvalue weighted by Gasteiger charge is -2.15. The van der Waals surface area contributed by atoms with Crippen LogP contribution in [0.3, 0.4) is 0 Å². The summed E-state index contributed by atoms with van der Waals surface area (Å²) in [6.45, 7) is 4.13. The number of carbonyl (C=O) groups excluding carboxylic acids is 1. The number of nitrogens with two attached hydrogens (primary N) is 1. The van der Waals surface area contributed by atoms with Crippen LogP contribution < -0.4 is 11.1 Å². The van der Waals surface area contributed by atoms with E-state index in [1.54, 1.807) is 29.5 Å². The van der Waals surface area contributed by atoms with E-state index >= 15 is 0 Å². The fourth-order valence-electron chi connectivity index (χ4n) is 1.78. The molecule has 5 heteroatoms. The minimum absolute atomic E-state index is 0.124. The molecule has 0 saturated heterocycles. The molecule has 2 rings (SSSR count). The number of anilines is 1. The molecule has 0 aliphatic heterocycles. The average Bonchev–Trinajstić information content (AvgIpc) is 2.78. The lowest BCUT2D eigenvalue weighted by Crippen LogP contribution is -2.12. The second-order valence-electron chi connectivity index (χ2n) is 4.37. The highest BCUT2D eigenvalue weighted by molar-refractivity contribution is 7.12. The van der Waals surface area contributed by atoms with Gasteiger partial charge in [-0.2, -0.15) is 0 Å². The normalized spacial score (nSPS) is 12.2. The van der Waals surface area contributed by atoms with Gasteiger partial charge in [0, 0.05) is 15.3 Å². The van der Waals surface area contributed by atoms with Crippen LogP contribution in [0.5, 0.6) is 0 Å². The number of carbonyl (C=O) groups is 1. The van der Waals surface area contributed by atoms with Crippen LogP contribution in [0.2, 0.25) is 5.02 Å². The summed E-state index contributed by atoms with van der Waals surface area (Å²) in [7, 11) is 0. The lowest BCUT2D eigenvalue weighted by molar-refractivity contribution is 0.100. The first kappa shape index (κ1) is 13.9. The van der Waals surface area contributed by atoms with Crippen LogP contribution in [0.25, 0.3) is 0 Å². The van der Waals surface area contributed by atoms with E-state index in [2.05, 4.69) is 31.3 Å². The summed E-state index contributed by atoms with van der Waals surface area (Å²) < 4.78 is 0. The molecule has 0 fully saturated rings. The predicted molar refractivity (Wildman–Crippen MR) is 81.1 cm³/mol. The standard InChI is InChI=1S/C14H15ClN2OS/c1-8-3-6-13(19-8)9(2)17-12-7-10(14(16)18)4-5-11(12)15/h3-7,9,17H,1-2H3,(H2,16,18). The van der Waals surface area contributed by atoms with E-state index in [-0.39, 0.29) is 6.04 Å². The zero-order valence-corrected chi connectivity index (χ0v) is 12.3. The van der Waals surface area contributed by atoms with Gasteiger partial charge in [0.05, 0.1) is 16.8 Å². The van der Waals surface area contributed by atoms with Crippen molar-refractivity contribution in [2.45, 2.75) is 19.9 Å². The van der Waals surface area contributed by atoms with Gasteiger partial charge >= 0.3 is 0 Å². The summed E-state index contributed by atoms with van der Waals surface area (Å²) in [6.07, 6.45) is 0. The number of hydrogen-bond acceptors (Lipinski definition) is 3. The van der Waals surface area contributed by atoms with E-state index in [1.807, 2.05) is 0 Å². The van der Waals surface area contributed by atoms with Crippen molar-refractivity contribution in [2.24, 2.45) is 5.73 Å². The highest BCUT2D eigenvalue weighted by atomic mass is 35.5. The minimum Gasteiger partial charge on any atom is -0.376 e. The molecule has 19 heavy (non-hydrogen) atoms. The van der Waals surface area contributed by atoms with Gasteiger partial charge in [0.15, 0.2) is 0 Å². The number of primary amides is 1. The molecule has 3 nitrogen and oxygen atoms in total. The Kier molecular flexibility index (Phi) is 4.12. The van der Waals surface area contributed by atoms with Gasteiger partial charge in [-0.05, 0) is 44.2 Å². The lowest BCUT2D eigenvalue weighted by atomic mass is 10.1. The van der Waals surface area contributed by atoms with E-state index in [9.17, 15) is 4.79 Å². The fourth-order valence-corrected chi connectivity index (χ4v) is 2.83. The maximum absolute atomic E-state index is 11.2. The summed E-state index contributed by atoms with van der Waals surface area (Å²) >= 11 is 7.86. The number of rotatable bonds is 4. The van der Waals surface area contributed by atoms with Crippen molar-refractivity contribution in [3.63, 3.8) is 0 Å². The second kappa shape index (κ2) is 5.63. The molecule has 0 aliphatic rings. The third-order valence-electron chi connectivity index (χ3n) is 2.81. The highest BCUT2D eigenvalue weighted by Gasteiger charge is 2.11. The second-order valence-corrected chi connectivity index (χ2v) is 6.10. The van der Waals surface area contributed by atoms with Gasteiger partial charge < -0.3 is 11.1 Å². The molecule has 1 aromatic heterocycles. The van der Waals surface area contributed by atoms with Gasteiger partial charge in [-0.15, -0.1) is 11.3 Å². The molecule has 0 aliphatic carbocycles. The van der Waals surface area contributed by atoms with E-state index < -0.39 is 5.91 Å². The van der Waals surface area contributed by atoms with Crippen molar-refractivity contribution < 1.29 is 4.79 Å². The molecule has 1 heterocycles. The zero-order valence-electron chi connectivity index (χ0n) is 10.7. The number of thiophene rings is 1. The molecule has 3 N–H and O–H groups in total. The number of hydrogen-bond donors (Lipinski definition) is 2. The Morgan fingerprint density at radius 2 is 2.11 bits per heavy atom. The first-order valence-corrected chi connectivity index (χ1v) is 7.09. The molecule has 1 unspecified atom stereocenters.